The fourth-order valence-electron chi connectivity index (χ4n) is 1.49. The normalized spacial score (nSPS) is 12.3. The van der Waals surface area contributed by atoms with E-state index in [2.05, 4.69) is 0 Å². The minimum Gasteiger partial charge on any atom is -0.286 e. The zero-order valence-electron chi connectivity index (χ0n) is 9.71. The summed E-state index contributed by atoms with van der Waals surface area (Å²) >= 11 is 4.34. The third-order valence-electron chi connectivity index (χ3n) is 2.43. The molecule has 0 N–H and O–H groups in total. The predicted octanol–water partition coefficient (Wildman–Crippen LogP) is 3.62. The van der Waals surface area contributed by atoms with Gasteiger partial charge in [0.1, 0.15) is 0 Å². The summed E-state index contributed by atoms with van der Waals surface area (Å²) in [4.78, 5) is 0.632. The smallest absolute Gasteiger partial charge is 0.189 e. The van der Waals surface area contributed by atoms with Crippen LogP contribution in [0.3, 0.4) is 0 Å². The quantitative estimate of drug-likeness (QED) is 0.836. The van der Waals surface area contributed by atoms with Gasteiger partial charge in [-0.2, -0.15) is 0 Å². The van der Waals surface area contributed by atoms with E-state index in [9.17, 15) is 4.21 Å². The van der Waals surface area contributed by atoms with E-state index in [0.29, 0.717) is 16.5 Å². The second kappa shape index (κ2) is 6.69. The molecule has 4 heteroatoms. The van der Waals surface area contributed by atoms with Crippen LogP contribution in [0.2, 0.25) is 5.02 Å². The van der Waals surface area contributed by atoms with E-state index in [4.69, 9.17) is 15.8 Å². The molecule has 0 saturated carbocycles. The molecule has 0 saturated heterocycles. The lowest BCUT2D eigenvalue weighted by Gasteiger charge is -2.04. The first-order valence-electron chi connectivity index (χ1n) is 5.60. The van der Waals surface area contributed by atoms with E-state index in [1.165, 1.54) is 5.56 Å². The van der Waals surface area contributed by atoms with E-state index < -0.39 is 11.1 Å². The molecule has 1 unspecified atom stereocenters. The van der Waals surface area contributed by atoms with Crippen LogP contribution in [-0.4, -0.2) is 10.8 Å². The summed E-state index contributed by atoms with van der Waals surface area (Å²) in [6, 6.07) is 16.8. The highest BCUT2D eigenvalue weighted by molar-refractivity contribution is 7.80. The Morgan fingerprint density at radius 2 is 1.67 bits per heavy atom. The molecular weight excluding hydrogens is 268 g/mol. The monoisotopic (exact) mass is 280 g/mol. The number of hydrogen-bond acceptors (Lipinski definition) is 2. The SMILES string of the molecule is O=S(OCCc1ccccc1)c1ccc(Cl)cc1. The third-order valence-corrected chi connectivity index (χ3v) is 3.72. The fourth-order valence-corrected chi connectivity index (χ4v) is 2.35. The Bertz CT molecular complexity index is 511. The minimum atomic E-state index is -1.42. The van der Waals surface area contributed by atoms with Crippen molar-refractivity contribution in [2.45, 2.75) is 11.3 Å². The van der Waals surface area contributed by atoms with Gasteiger partial charge >= 0.3 is 0 Å². The summed E-state index contributed by atoms with van der Waals surface area (Å²) in [6.45, 7) is 0.430. The van der Waals surface area contributed by atoms with Crippen molar-refractivity contribution in [2.24, 2.45) is 0 Å². The maximum atomic E-state index is 11.8. The van der Waals surface area contributed by atoms with Gasteiger partial charge in [-0.15, -0.1) is 0 Å². The summed E-state index contributed by atoms with van der Waals surface area (Å²) in [5.41, 5.74) is 1.17. The van der Waals surface area contributed by atoms with E-state index in [0.717, 1.165) is 6.42 Å². The zero-order valence-corrected chi connectivity index (χ0v) is 11.3. The summed E-state index contributed by atoms with van der Waals surface area (Å²) < 4.78 is 17.1. The van der Waals surface area contributed by atoms with Gasteiger partial charge in [-0.1, -0.05) is 41.9 Å². The van der Waals surface area contributed by atoms with Crippen molar-refractivity contribution in [3.8, 4) is 0 Å². The molecule has 18 heavy (non-hydrogen) atoms. The van der Waals surface area contributed by atoms with E-state index in [1.807, 2.05) is 30.3 Å². The molecule has 0 aromatic heterocycles. The van der Waals surface area contributed by atoms with Crippen LogP contribution in [-0.2, 0) is 21.7 Å². The van der Waals surface area contributed by atoms with E-state index >= 15 is 0 Å². The molecular formula is C14H13ClO2S. The zero-order chi connectivity index (χ0) is 12.8. The van der Waals surface area contributed by atoms with Gasteiger partial charge in [-0.3, -0.25) is 4.18 Å². The van der Waals surface area contributed by atoms with Gasteiger partial charge in [0.2, 0.25) is 0 Å². The van der Waals surface area contributed by atoms with Crippen LogP contribution < -0.4 is 0 Å². The van der Waals surface area contributed by atoms with Gasteiger partial charge in [0.15, 0.2) is 11.1 Å². The van der Waals surface area contributed by atoms with E-state index in [-0.39, 0.29) is 0 Å². The molecule has 2 rings (SSSR count). The lowest BCUT2D eigenvalue weighted by molar-refractivity contribution is 0.352. The van der Waals surface area contributed by atoms with Crippen molar-refractivity contribution >= 4 is 22.7 Å². The Balaban J connectivity index is 1.84. The van der Waals surface area contributed by atoms with Gasteiger partial charge in [0, 0.05) is 5.02 Å². The Kier molecular flexibility index (Phi) is 4.93. The first-order valence-corrected chi connectivity index (χ1v) is 7.05. The van der Waals surface area contributed by atoms with Crippen LogP contribution in [0.4, 0.5) is 0 Å². The van der Waals surface area contributed by atoms with Crippen molar-refractivity contribution < 1.29 is 8.39 Å². The van der Waals surface area contributed by atoms with Crippen molar-refractivity contribution in [3.63, 3.8) is 0 Å². The van der Waals surface area contributed by atoms with Crippen LogP contribution >= 0.6 is 11.6 Å². The first-order chi connectivity index (χ1) is 8.75. The second-order valence-corrected chi connectivity index (χ2v) is 5.36. The molecule has 0 heterocycles. The molecule has 2 aromatic rings. The summed E-state index contributed by atoms with van der Waals surface area (Å²) in [6.07, 6.45) is 0.750. The molecule has 0 fully saturated rings. The topological polar surface area (TPSA) is 26.3 Å². The molecule has 0 amide bonds. The molecule has 0 bridgehead atoms. The van der Waals surface area contributed by atoms with Crippen LogP contribution in [0, 0.1) is 0 Å². The van der Waals surface area contributed by atoms with Crippen LogP contribution in [0.1, 0.15) is 5.56 Å². The Morgan fingerprint density at radius 1 is 1.00 bits per heavy atom. The highest BCUT2D eigenvalue weighted by atomic mass is 35.5. The van der Waals surface area contributed by atoms with Gasteiger partial charge in [0.05, 0.1) is 11.5 Å². The van der Waals surface area contributed by atoms with Gasteiger partial charge in [-0.05, 0) is 36.2 Å². The average molecular weight is 281 g/mol. The molecule has 0 spiro atoms. The van der Waals surface area contributed by atoms with Gasteiger partial charge in [0.25, 0.3) is 0 Å². The molecule has 1 atom stereocenters. The molecule has 2 aromatic carbocycles. The lowest BCUT2D eigenvalue weighted by Crippen LogP contribution is -2.02. The number of halogens is 1. The summed E-state index contributed by atoms with van der Waals surface area (Å²) in [5.74, 6) is 0. The molecule has 2 nitrogen and oxygen atoms in total. The summed E-state index contributed by atoms with van der Waals surface area (Å²) in [7, 11) is 0. The van der Waals surface area contributed by atoms with Gasteiger partial charge in [-0.25, -0.2) is 4.21 Å². The first kappa shape index (κ1) is 13.3. The van der Waals surface area contributed by atoms with Crippen LogP contribution in [0.15, 0.2) is 59.5 Å². The number of rotatable bonds is 5. The Morgan fingerprint density at radius 3 is 2.33 bits per heavy atom. The Hall–Kier alpha value is -1.16. The van der Waals surface area contributed by atoms with Gasteiger partial charge < -0.3 is 0 Å². The van der Waals surface area contributed by atoms with Crippen LogP contribution in [0.5, 0.6) is 0 Å². The van der Waals surface area contributed by atoms with Crippen molar-refractivity contribution in [1.82, 2.24) is 0 Å². The maximum absolute atomic E-state index is 11.8. The second-order valence-electron chi connectivity index (χ2n) is 3.75. The van der Waals surface area contributed by atoms with E-state index in [1.54, 1.807) is 24.3 Å². The molecule has 0 aliphatic rings. The molecule has 0 aliphatic heterocycles. The third kappa shape index (κ3) is 3.95. The number of benzene rings is 2. The van der Waals surface area contributed by atoms with Crippen molar-refractivity contribution in [2.75, 3.05) is 6.61 Å². The van der Waals surface area contributed by atoms with Crippen molar-refractivity contribution in [1.29, 1.82) is 0 Å². The lowest BCUT2D eigenvalue weighted by atomic mass is 10.2. The highest BCUT2D eigenvalue weighted by Gasteiger charge is 2.04. The molecule has 0 radical (unpaired) electrons. The standard InChI is InChI=1S/C14H13ClO2S/c15-13-6-8-14(9-7-13)18(16)17-11-10-12-4-2-1-3-5-12/h1-9H,10-11H2. The van der Waals surface area contributed by atoms with Crippen LogP contribution in [0.25, 0.3) is 0 Å². The predicted molar refractivity (Wildman–Crippen MR) is 74.0 cm³/mol. The fraction of sp³-hybridized carbons (Fsp3) is 0.143. The molecule has 0 aliphatic carbocycles. The van der Waals surface area contributed by atoms with Crippen molar-refractivity contribution in [3.05, 3.63) is 65.2 Å². The highest BCUT2D eigenvalue weighted by Crippen LogP contribution is 2.13. The largest absolute Gasteiger partial charge is 0.286 e. The Labute approximate surface area is 114 Å². The molecule has 94 valence electrons. The average Bonchev–Trinajstić information content (AvgIpc) is 2.40. The summed E-state index contributed by atoms with van der Waals surface area (Å²) in [5, 5.41) is 0.625. The maximum Gasteiger partial charge on any atom is 0.189 e. The number of hydrogen-bond donors (Lipinski definition) is 0. The minimum absolute atomic E-state index is 0.430.